The predicted molar refractivity (Wildman–Crippen MR) is 79.5 cm³/mol. The molecule has 0 bridgehead atoms. The smallest absolute Gasteiger partial charge is 0.258 e. The second kappa shape index (κ2) is 8.65. The molecule has 134 valence electrons. The number of carbonyl (C=O) groups excluding carboxylic acids is 1. The van der Waals surface area contributed by atoms with Gasteiger partial charge in [0.1, 0.15) is 6.61 Å². The number of fused-ring (bicyclic) bond motifs is 1. The Bertz CT molecular complexity index is 751. The molecule has 0 fully saturated rings. The fourth-order valence-corrected chi connectivity index (χ4v) is 2.62. The summed E-state index contributed by atoms with van der Waals surface area (Å²) in [5.74, 6) is 0.0454. The zero-order valence-electron chi connectivity index (χ0n) is 12.3. The van der Waals surface area contributed by atoms with Gasteiger partial charge < -0.3 is 27.3 Å². The third kappa shape index (κ3) is 4.94. The average molecular weight is 453 g/mol. The van der Waals surface area contributed by atoms with Gasteiger partial charge in [-0.1, -0.05) is 23.2 Å². The van der Waals surface area contributed by atoms with Crippen LogP contribution in [0.5, 0.6) is 11.5 Å². The molecule has 0 unspecified atom stereocenters. The second-order valence-electron chi connectivity index (χ2n) is 4.63. The maximum absolute atomic E-state index is 12.6. The first-order valence-electron chi connectivity index (χ1n) is 6.61. The van der Waals surface area contributed by atoms with Crippen molar-refractivity contribution >= 4 is 34.8 Å². The third-order valence-corrected chi connectivity index (χ3v) is 3.71. The van der Waals surface area contributed by atoms with E-state index in [4.69, 9.17) is 40.5 Å². The lowest BCUT2D eigenvalue weighted by Gasteiger charge is -2.29. The summed E-state index contributed by atoms with van der Waals surface area (Å²) in [6, 6.07) is 4.48. The van der Waals surface area contributed by atoms with Crippen LogP contribution in [0.15, 0.2) is 30.6 Å². The summed E-state index contributed by atoms with van der Waals surface area (Å²) in [6.45, 7) is 0.788. The number of pyridine rings is 1. The summed E-state index contributed by atoms with van der Waals surface area (Å²) in [5, 5.41) is 9.64. The number of aromatic hydroxyl groups is 1. The van der Waals surface area contributed by atoms with Crippen molar-refractivity contribution in [3.8, 4) is 11.5 Å². The summed E-state index contributed by atoms with van der Waals surface area (Å²) >= 11 is 8.08. The van der Waals surface area contributed by atoms with E-state index in [-0.39, 0.29) is 21.7 Å². The summed E-state index contributed by atoms with van der Waals surface area (Å²) in [5.41, 5.74) is 0.939. The highest BCUT2D eigenvalue weighted by atomic mass is 80.0. The van der Waals surface area contributed by atoms with Gasteiger partial charge in [-0.25, -0.2) is 0 Å². The van der Waals surface area contributed by atoms with Crippen molar-refractivity contribution < 1.29 is 42.0 Å². The normalized spacial score (nSPS) is 12.8. The molecule has 0 radical (unpaired) electrons. The van der Waals surface area contributed by atoms with Crippen molar-refractivity contribution in [1.82, 2.24) is 4.98 Å². The molecule has 0 saturated carbocycles. The van der Waals surface area contributed by atoms with Gasteiger partial charge in [-0.2, -0.15) is 0 Å². The van der Waals surface area contributed by atoms with Gasteiger partial charge in [0.05, 0.1) is 28.5 Å². The lowest BCUT2D eigenvalue weighted by molar-refractivity contribution is -1.73. The lowest BCUT2D eigenvalue weighted by Crippen LogP contribution is -2.42. The minimum atomic E-state index is -3.65. The standard InChI is InChI=1S/C14H10Cl2N2O3.BrO3/c15-9-5-8(6-10(16)13(9)19)14(20)18-3-4-21-12-7-17-2-1-11(12)18;2-1(3)4/h1-2,5-7,19H,3-4H2;/q;-1. The summed E-state index contributed by atoms with van der Waals surface area (Å²) < 4.78 is 31.0. The van der Waals surface area contributed by atoms with E-state index in [2.05, 4.69) is 4.98 Å². The number of benzene rings is 1. The van der Waals surface area contributed by atoms with Gasteiger partial charge in [-0.15, -0.1) is 0 Å². The molecule has 0 saturated heterocycles. The Kier molecular flexibility index (Phi) is 6.82. The van der Waals surface area contributed by atoms with Crippen molar-refractivity contribution in [2.75, 3.05) is 18.1 Å². The van der Waals surface area contributed by atoms with Crippen molar-refractivity contribution in [2.24, 2.45) is 0 Å². The van der Waals surface area contributed by atoms with Crippen molar-refractivity contribution in [2.45, 2.75) is 0 Å². The van der Waals surface area contributed by atoms with E-state index in [0.717, 1.165) is 0 Å². The maximum Gasteiger partial charge on any atom is 0.258 e. The van der Waals surface area contributed by atoms with E-state index in [0.29, 0.717) is 30.2 Å². The molecule has 0 spiro atoms. The number of halogens is 3. The minimum Gasteiger partial charge on any atom is -0.505 e. The predicted octanol–water partition coefficient (Wildman–Crippen LogP) is -0.434. The van der Waals surface area contributed by atoms with Gasteiger partial charge in [0.25, 0.3) is 5.91 Å². The molecule has 0 aliphatic carbocycles. The molecular formula is C14H10BrCl2N2O6-. The Morgan fingerprint density at radius 1 is 1.28 bits per heavy atom. The Labute approximate surface area is 157 Å². The number of nitrogens with zero attached hydrogens (tertiary/aromatic N) is 2. The lowest BCUT2D eigenvalue weighted by atomic mass is 10.1. The van der Waals surface area contributed by atoms with Crippen LogP contribution in [0.3, 0.4) is 0 Å². The van der Waals surface area contributed by atoms with Crippen LogP contribution in [-0.2, 0) is 0 Å². The molecule has 0 atom stereocenters. The van der Waals surface area contributed by atoms with Gasteiger partial charge in [0.15, 0.2) is 11.5 Å². The van der Waals surface area contributed by atoms with E-state index in [1.165, 1.54) is 12.1 Å². The number of aromatic nitrogens is 1. The number of carbonyl (C=O) groups is 1. The zero-order chi connectivity index (χ0) is 18.6. The topological polar surface area (TPSA) is 132 Å². The van der Waals surface area contributed by atoms with Crippen LogP contribution in [-0.4, -0.2) is 29.1 Å². The number of phenols is 1. The number of hydrogen-bond donors (Lipinski definition) is 1. The summed E-state index contributed by atoms with van der Waals surface area (Å²) in [4.78, 5) is 18.2. The van der Waals surface area contributed by atoms with E-state index in [1.807, 2.05) is 0 Å². The van der Waals surface area contributed by atoms with Crippen LogP contribution in [0.1, 0.15) is 10.4 Å². The van der Waals surface area contributed by atoms with Gasteiger partial charge in [-0.05, 0) is 18.2 Å². The van der Waals surface area contributed by atoms with Crippen LogP contribution in [0.4, 0.5) is 5.69 Å². The average Bonchev–Trinajstić information content (AvgIpc) is 2.57. The zero-order valence-corrected chi connectivity index (χ0v) is 15.4. The molecule has 1 N–H and O–H groups in total. The highest BCUT2D eigenvalue weighted by molar-refractivity contribution is 6.37. The van der Waals surface area contributed by atoms with Crippen molar-refractivity contribution in [1.29, 1.82) is 0 Å². The van der Waals surface area contributed by atoms with E-state index < -0.39 is 14.8 Å². The monoisotopic (exact) mass is 451 g/mol. The number of hydrogen-bond acceptors (Lipinski definition) is 7. The molecule has 1 aliphatic heterocycles. The fraction of sp³-hybridized carbons (Fsp3) is 0.143. The van der Waals surface area contributed by atoms with Gasteiger partial charge in [0.2, 0.25) is 14.8 Å². The van der Waals surface area contributed by atoms with Crippen LogP contribution in [0.25, 0.3) is 0 Å². The summed E-state index contributed by atoms with van der Waals surface area (Å²) in [7, 11) is 0. The molecule has 1 aromatic heterocycles. The number of ether oxygens (including phenoxy) is 1. The number of rotatable bonds is 1. The fourth-order valence-electron chi connectivity index (χ4n) is 2.13. The molecule has 25 heavy (non-hydrogen) atoms. The Hall–Kier alpha value is -1.62. The number of amides is 1. The van der Waals surface area contributed by atoms with E-state index in [1.54, 1.807) is 23.4 Å². The van der Waals surface area contributed by atoms with Crippen LogP contribution < -0.4 is 22.2 Å². The molecule has 3 rings (SSSR count). The van der Waals surface area contributed by atoms with Crippen LogP contribution in [0.2, 0.25) is 10.0 Å². The van der Waals surface area contributed by atoms with Gasteiger partial charge >= 0.3 is 0 Å². The van der Waals surface area contributed by atoms with Crippen molar-refractivity contribution in [3.05, 3.63) is 46.2 Å². The molecule has 1 aliphatic rings. The molecule has 1 amide bonds. The van der Waals surface area contributed by atoms with E-state index in [9.17, 15) is 9.90 Å². The Morgan fingerprint density at radius 2 is 1.88 bits per heavy atom. The highest BCUT2D eigenvalue weighted by Crippen LogP contribution is 2.35. The Morgan fingerprint density at radius 3 is 2.48 bits per heavy atom. The van der Waals surface area contributed by atoms with Gasteiger partial charge in [0, 0.05) is 11.8 Å². The highest BCUT2D eigenvalue weighted by Gasteiger charge is 2.25. The van der Waals surface area contributed by atoms with Crippen LogP contribution >= 0.6 is 23.2 Å². The SMILES string of the molecule is O=C(c1cc(Cl)c(O)c(Cl)c1)N1CCOc2cnccc21.[O-][Br+2]([O-])[O-]. The second-order valence-corrected chi connectivity index (χ2v) is 6.23. The minimum absolute atomic E-state index is 0.0362. The maximum atomic E-state index is 12.6. The van der Waals surface area contributed by atoms with Gasteiger partial charge in [-0.3, -0.25) is 9.78 Å². The third-order valence-electron chi connectivity index (χ3n) is 3.13. The van der Waals surface area contributed by atoms with E-state index >= 15 is 0 Å². The molecule has 1 aromatic carbocycles. The summed E-state index contributed by atoms with van der Waals surface area (Å²) in [6.07, 6.45) is 3.15. The largest absolute Gasteiger partial charge is 0.505 e. The first-order chi connectivity index (χ1) is 11.8. The number of anilines is 1. The molecule has 11 heteroatoms. The number of phenolic OH excluding ortho intramolecular Hbond substituents is 1. The molecule has 2 heterocycles. The van der Waals surface area contributed by atoms with Crippen LogP contribution in [0, 0.1) is 14.8 Å². The quantitative estimate of drug-likeness (QED) is 0.620. The first-order valence-corrected chi connectivity index (χ1v) is 9.30. The molecule has 8 nitrogen and oxygen atoms in total. The molecule has 2 aromatic rings. The Balaban J connectivity index is 0.000000511. The first kappa shape index (κ1) is 19.7. The molecular weight excluding hydrogens is 443 g/mol. The van der Waals surface area contributed by atoms with Crippen molar-refractivity contribution in [3.63, 3.8) is 0 Å².